The van der Waals surface area contributed by atoms with E-state index in [1.54, 1.807) is 6.08 Å². The molecule has 0 saturated carbocycles. The molecule has 2 atom stereocenters. The summed E-state index contributed by atoms with van der Waals surface area (Å²) in [4.78, 5) is 12.4. The van der Waals surface area contributed by atoms with Gasteiger partial charge in [0.25, 0.3) is 0 Å². The summed E-state index contributed by atoms with van der Waals surface area (Å²) < 4.78 is 0. The van der Waals surface area contributed by atoms with Crippen molar-refractivity contribution in [3.63, 3.8) is 0 Å². The fourth-order valence-electron chi connectivity index (χ4n) is 6.76. The zero-order chi connectivity index (χ0) is 38.6. The molecule has 0 aliphatic rings. The molecule has 0 aliphatic heterocycles. The van der Waals surface area contributed by atoms with Crippen molar-refractivity contribution in [2.45, 2.75) is 238 Å². The van der Waals surface area contributed by atoms with Crippen molar-refractivity contribution < 1.29 is 15.0 Å². The van der Waals surface area contributed by atoms with E-state index >= 15 is 0 Å². The van der Waals surface area contributed by atoms with Gasteiger partial charge in [-0.1, -0.05) is 222 Å². The van der Waals surface area contributed by atoms with Gasteiger partial charge in [-0.05, 0) is 57.8 Å². The van der Waals surface area contributed by atoms with Gasteiger partial charge >= 0.3 is 0 Å². The van der Waals surface area contributed by atoms with Crippen LogP contribution in [0.1, 0.15) is 226 Å². The fraction of sp³-hybridized carbons (Fsp3) is 0.776. The molecule has 308 valence electrons. The number of amides is 1. The van der Waals surface area contributed by atoms with Gasteiger partial charge in [-0.2, -0.15) is 0 Å². The van der Waals surface area contributed by atoms with E-state index in [0.29, 0.717) is 6.42 Å². The van der Waals surface area contributed by atoms with E-state index in [-0.39, 0.29) is 12.5 Å². The third-order valence-corrected chi connectivity index (χ3v) is 10.3. The average molecular weight is 740 g/mol. The Kier molecular flexibility index (Phi) is 42.9. The number of hydrogen-bond acceptors (Lipinski definition) is 3. The first-order chi connectivity index (χ1) is 26.2. The van der Waals surface area contributed by atoms with E-state index in [1.165, 1.54) is 154 Å². The third kappa shape index (κ3) is 41.1. The zero-order valence-corrected chi connectivity index (χ0v) is 35.3. The summed E-state index contributed by atoms with van der Waals surface area (Å²) >= 11 is 0. The first-order valence-corrected chi connectivity index (χ1v) is 23.0. The Balaban J connectivity index is 3.46. The first kappa shape index (κ1) is 51.1. The van der Waals surface area contributed by atoms with E-state index in [4.69, 9.17) is 0 Å². The largest absolute Gasteiger partial charge is 0.394 e. The first-order valence-electron chi connectivity index (χ1n) is 23.0. The van der Waals surface area contributed by atoms with Crippen molar-refractivity contribution in [1.29, 1.82) is 0 Å². The second-order valence-electron chi connectivity index (χ2n) is 15.4. The summed E-state index contributed by atoms with van der Waals surface area (Å²) in [6.45, 7) is 4.17. The Hall–Kier alpha value is -1.91. The Morgan fingerprint density at radius 2 is 0.830 bits per heavy atom. The molecule has 0 aromatic carbocycles. The predicted octanol–water partition coefficient (Wildman–Crippen LogP) is 14.5. The Morgan fingerprint density at radius 1 is 0.472 bits per heavy atom. The molecule has 0 aliphatic carbocycles. The number of nitrogens with one attached hydrogen (secondary N) is 1. The zero-order valence-electron chi connectivity index (χ0n) is 35.3. The summed E-state index contributed by atoms with van der Waals surface area (Å²) in [5, 5.41) is 22.9. The highest BCUT2D eigenvalue weighted by Crippen LogP contribution is 2.15. The Bertz CT molecular complexity index is 888. The molecule has 4 heteroatoms. The van der Waals surface area contributed by atoms with Crippen LogP contribution in [0.3, 0.4) is 0 Å². The van der Waals surface area contributed by atoms with Gasteiger partial charge in [0.05, 0.1) is 18.8 Å². The lowest BCUT2D eigenvalue weighted by Gasteiger charge is -2.20. The molecule has 1 amide bonds. The van der Waals surface area contributed by atoms with Gasteiger partial charge in [0.2, 0.25) is 5.91 Å². The number of aliphatic hydroxyl groups is 2. The van der Waals surface area contributed by atoms with Crippen LogP contribution >= 0.6 is 0 Å². The van der Waals surface area contributed by atoms with E-state index in [2.05, 4.69) is 67.8 Å². The SMILES string of the molecule is CC/C=C\C/C=C\C/C=C\C/C=C\CCCCCCCCCCCCCCCCCCCCC(=O)NC(CO)C(O)/C=C/CCCCCCCCCC. The highest BCUT2D eigenvalue weighted by Gasteiger charge is 2.17. The molecule has 0 radical (unpaired) electrons. The summed E-state index contributed by atoms with van der Waals surface area (Å²) in [6.07, 6.45) is 62.1. The van der Waals surface area contributed by atoms with Crippen molar-refractivity contribution in [1.82, 2.24) is 5.32 Å². The van der Waals surface area contributed by atoms with Gasteiger partial charge in [-0.25, -0.2) is 0 Å². The summed E-state index contributed by atoms with van der Waals surface area (Å²) in [6, 6.07) is -0.620. The number of carbonyl (C=O) groups is 1. The van der Waals surface area contributed by atoms with Gasteiger partial charge in [-0.15, -0.1) is 0 Å². The molecule has 0 heterocycles. The third-order valence-electron chi connectivity index (χ3n) is 10.3. The van der Waals surface area contributed by atoms with Gasteiger partial charge in [-0.3, -0.25) is 4.79 Å². The molecule has 2 unspecified atom stereocenters. The van der Waals surface area contributed by atoms with Crippen LogP contribution in [0.15, 0.2) is 60.8 Å². The summed E-state index contributed by atoms with van der Waals surface area (Å²) in [5.74, 6) is -0.0660. The molecule has 0 aromatic heterocycles. The van der Waals surface area contributed by atoms with Crippen molar-refractivity contribution in [2.75, 3.05) is 6.61 Å². The lowest BCUT2D eigenvalue weighted by Crippen LogP contribution is -2.45. The molecule has 0 aromatic rings. The maximum Gasteiger partial charge on any atom is 0.220 e. The highest BCUT2D eigenvalue weighted by molar-refractivity contribution is 5.76. The van der Waals surface area contributed by atoms with Crippen molar-refractivity contribution in [3.05, 3.63) is 60.8 Å². The standard InChI is InChI=1S/C49H89NO3/c1-3-5-7-9-11-13-15-16-17-18-19-20-21-22-23-24-25-26-27-28-29-30-31-32-33-34-35-37-39-41-43-45-49(53)50-47(46-51)48(52)44-42-40-38-36-14-12-10-8-6-4-2/h5,7,11,13,16-17,19-20,42,44,47-48,51-52H,3-4,6,8-10,12,14-15,18,21-41,43,45-46H2,1-2H3,(H,50,53)/b7-5-,13-11-,17-16-,20-19-,44-42+. The number of hydrogen-bond donors (Lipinski definition) is 3. The molecule has 0 bridgehead atoms. The number of carbonyl (C=O) groups excluding carboxylic acids is 1. The molecule has 0 spiro atoms. The van der Waals surface area contributed by atoms with Crippen LogP contribution in [0.4, 0.5) is 0 Å². The van der Waals surface area contributed by atoms with Crippen LogP contribution in [0.5, 0.6) is 0 Å². The Morgan fingerprint density at radius 3 is 1.25 bits per heavy atom. The number of rotatable bonds is 41. The van der Waals surface area contributed by atoms with Crippen LogP contribution in [0.2, 0.25) is 0 Å². The monoisotopic (exact) mass is 740 g/mol. The van der Waals surface area contributed by atoms with Gasteiger partial charge < -0.3 is 15.5 Å². The van der Waals surface area contributed by atoms with Crippen molar-refractivity contribution in [2.24, 2.45) is 0 Å². The molecular formula is C49H89NO3. The second kappa shape index (κ2) is 44.5. The molecule has 53 heavy (non-hydrogen) atoms. The average Bonchev–Trinajstić information content (AvgIpc) is 3.16. The normalized spacial score (nSPS) is 13.5. The fourth-order valence-corrected chi connectivity index (χ4v) is 6.76. The lowest BCUT2D eigenvalue weighted by molar-refractivity contribution is -0.123. The van der Waals surface area contributed by atoms with Crippen LogP contribution in [0, 0.1) is 0 Å². The van der Waals surface area contributed by atoms with E-state index in [9.17, 15) is 15.0 Å². The number of unbranched alkanes of at least 4 members (excludes halogenated alkanes) is 26. The summed E-state index contributed by atoms with van der Waals surface area (Å²) in [5.41, 5.74) is 0. The molecule has 0 fully saturated rings. The maximum absolute atomic E-state index is 12.4. The van der Waals surface area contributed by atoms with Crippen molar-refractivity contribution >= 4 is 5.91 Å². The van der Waals surface area contributed by atoms with Crippen molar-refractivity contribution in [3.8, 4) is 0 Å². The molecule has 0 rings (SSSR count). The van der Waals surface area contributed by atoms with Crippen LogP contribution < -0.4 is 5.32 Å². The van der Waals surface area contributed by atoms with E-state index in [0.717, 1.165) is 51.4 Å². The molecule has 0 saturated heterocycles. The van der Waals surface area contributed by atoms with Gasteiger partial charge in [0.1, 0.15) is 0 Å². The van der Waals surface area contributed by atoms with Crippen LogP contribution in [-0.4, -0.2) is 34.9 Å². The minimum atomic E-state index is -0.837. The van der Waals surface area contributed by atoms with Crippen LogP contribution in [0.25, 0.3) is 0 Å². The molecular weight excluding hydrogens is 651 g/mol. The van der Waals surface area contributed by atoms with Gasteiger partial charge in [0.15, 0.2) is 0 Å². The van der Waals surface area contributed by atoms with Crippen LogP contribution in [-0.2, 0) is 4.79 Å². The predicted molar refractivity (Wildman–Crippen MR) is 234 cm³/mol. The Labute approximate surface area is 330 Å². The maximum atomic E-state index is 12.4. The topological polar surface area (TPSA) is 69.6 Å². The second-order valence-corrected chi connectivity index (χ2v) is 15.4. The lowest BCUT2D eigenvalue weighted by atomic mass is 10.0. The van der Waals surface area contributed by atoms with Gasteiger partial charge in [0, 0.05) is 6.42 Å². The van der Waals surface area contributed by atoms with E-state index in [1.807, 2.05) is 6.08 Å². The quantitative estimate of drug-likeness (QED) is 0.0432. The number of allylic oxidation sites excluding steroid dienone is 9. The number of aliphatic hydroxyl groups excluding tert-OH is 2. The minimum Gasteiger partial charge on any atom is -0.394 e. The highest BCUT2D eigenvalue weighted by atomic mass is 16.3. The minimum absolute atomic E-state index is 0.0660. The summed E-state index contributed by atoms with van der Waals surface area (Å²) in [7, 11) is 0. The van der Waals surface area contributed by atoms with E-state index < -0.39 is 12.1 Å². The smallest absolute Gasteiger partial charge is 0.220 e. The molecule has 4 nitrogen and oxygen atoms in total. The molecule has 3 N–H and O–H groups in total.